The van der Waals surface area contributed by atoms with Crippen molar-refractivity contribution in [3.63, 3.8) is 0 Å². The van der Waals surface area contributed by atoms with Crippen LogP contribution in [0.25, 0.3) is 0 Å². The molecular weight excluding hydrogens is 300 g/mol. The fourth-order valence-corrected chi connectivity index (χ4v) is 2.54. The Balaban J connectivity index is 2.40. The molecule has 1 aromatic rings. The van der Waals surface area contributed by atoms with E-state index in [9.17, 15) is 9.59 Å². The Morgan fingerprint density at radius 2 is 2.28 bits per heavy atom. The average Bonchev–Trinajstić information content (AvgIpc) is 2.68. The number of alkyl halides is 1. The lowest BCUT2D eigenvalue weighted by atomic mass is 10.1. The number of hydrogen-bond acceptors (Lipinski definition) is 4. The van der Waals surface area contributed by atoms with Crippen LogP contribution >= 0.6 is 15.9 Å². The number of carbonyl (C=O) groups is 2. The molecule has 0 saturated carbocycles. The predicted molar refractivity (Wildman–Crippen MR) is 71.9 cm³/mol. The van der Waals surface area contributed by atoms with E-state index in [1.807, 2.05) is 0 Å². The van der Waals surface area contributed by atoms with Gasteiger partial charge in [0.2, 0.25) is 5.91 Å². The number of halogens is 1. The summed E-state index contributed by atoms with van der Waals surface area (Å²) < 4.78 is 4.65. The van der Waals surface area contributed by atoms with Crippen molar-refractivity contribution in [2.24, 2.45) is 0 Å². The molecule has 5 nitrogen and oxygen atoms in total. The normalized spacial score (nSPS) is 19.1. The highest BCUT2D eigenvalue weighted by Crippen LogP contribution is 2.32. The molecule has 1 fully saturated rings. The molecule has 0 spiro atoms. The molecule has 18 heavy (non-hydrogen) atoms. The molecule has 2 N–H and O–H groups in total. The number of nitrogens with two attached hydrogens (primary N) is 1. The second-order valence-corrected chi connectivity index (χ2v) is 5.33. The number of amides is 1. The van der Waals surface area contributed by atoms with Crippen LogP contribution in [0.1, 0.15) is 16.8 Å². The van der Waals surface area contributed by atoms with Gasteiger partial charge in [0.05, 0.1) is 24.0 Å². The van der Waals surface area contributed by atoms with Crippen molar-refractivity contribution in [2.75, 3.05) is 24.3 Å². The van der Waals surface area contributed by atoms with Crippen LogP contribution in [0.2, 0.25) is 0 Å². The SMILES string of the molecule is COC(=O)c1cccc(N2CC(Br)CC2=O)c1N. The first-order valence-corrected chi connectivity index (χ1v) is 6.37. The van der Waals surface area contributed by atoms with Crippen LogP contribution < -0.4 is 10.6 Å². The Hall–Kier alpha value is -1.56. The topological polar surface area (TPSA) is 72.6 Å². The van der Waals surface area contributed by atoms with Crippen molar-refractivity contribution in [2.45, 2.75) is 11.2 Å². The van der Waals surface area contributed by atoms with Crippen molar-refractivity contribution >= 4 is 39.2 Å². The monoisotopic (exact) mass is 312 g/mol. The first-order valence-electron chi connectivity index (χ1n) is 5.46. The minimum absolute atomic E-state index is 0.00871. The van der Waals surface area contributed by atoms with Gasteiger partial charge in [-0.1, -0.05) is 22.0 Å². The van der Waals surface area contributed by atoms with E-state index < -0.39 is 5.97 Å². The maximum atomic E-state index is 11.8. The Labute approximate surface area is 113 Å². The van der Waals surface area contributed by atoms with Crippen LogP contribution in [0.3, 0.4) is 0 Å². The summed E-state index contributed by atoms with van der Waals surface area (Å²) in [4.78, 5) is 25.0. The molecule has 0 bridgehead atoms. The number of methoxy groups -OCH3 is 1. The van der Waals surface area contributed by atoms with E-state index in [1.165, 1.54) is 7.11 Å². The summed E-state index contributed by atoms with van der Waals surface area (Å²) in [5, 5.41) is 0. The molecule has 1 unspecified atom stereocenters. The smallest absolute Gasteiger partial charge is 0.340 e. The first-order chi connectivity index (χ1) is 8.54. The fraction of sp³-hybridized carbons (Fsp3) is 0.333. The number of ether oxygens (including phenoxy) is 1. The van der Waals surface area contributed by atoms with Gasteiger partial charge in [0, 0.05) is 17.8 Å². The molecule has 2 rings (SSSR count). The van der Waals surface area contributed by atoms with E-state index in [1.54, 1.807) is 23.1 Å². The van der Waals surface area contributed by atoms with Crippen LogP contribution in [-0.2, 0) is 9.53 Å². The third-order valence-electron chi connectivity index (χ3n) is 2.86. The number of para-hydroxylation sites is 1. The molecule has 1 atom stereocenters. The molecule has 0 aliphatic carbocycles. The molecule has 1 heterocycles. The minimum atomic E-state index is -0.503. The van der Waals surface area contributed by atoms with Gasteiger partial charge in [0.15, 0.2) is 0 Å². The Kier molecular flexibility index (Phi) is 3.56. The fourth-order valence-electron chi connectivity index (χ4n) is 1.97. The van der Waals surface area contributed by atoms with Gasteiger partial charge in [-0.2, -0.15) is 0 Å². The van der Waals surface area contributed by atoms with Crippen molar-refractivity contribution in [1.29, 1.82) is 0 Å². The quantitative estimate of drug-likeness (QED) is 0.511. The number of carbonyl (C=O) groups excluding carboxylic acids is 2. The number of esters is 1. The molecule has 1 amide bonds. The van der Waals surface area contributed by atoms with Crippen LogP contribution in [-0.4, -0.2) is 30.4 Å². The Morgan fingerprint density at radius 3 is 2.83 bits per heavy atom. The first kappa shape index (κ1) is 12.9. The second kappa shape index (κ2) is 4.97. The van der Waals surface area contributed by atoms with Gasteiger partial charge in [-0.15, -0.1) is 0 Å². The summed E-state index contributed by atoms with van der Waals surface area (Å²) in [5.41, 5.74) is 7.05. The van der Waals surface area contributed by atoms with Gasteiger partial charge in [-0.3, -0.25) is 4.79 Å². The van der Waals surface area contributed by atoms with Gasteiger partial charge in [-0.25, -0.2) is 4.79 Å². The van der Waals surface area contributed by atoms with Gasteiger partial charge >= 0.3 is 5.97 Å². The van der Waals surface area contributed by atoms with Gasteiger partial charge < -0.3 is 15.4 Å². The number of benzene rings is 1. The third-order valence-corrected chi connectivity index (χ3v) is 3.47. The molecule has 96 valence electrons. The largest absolute Gasteiger partial charge is 0.465 e. The lowest BCUT2D eigenvalue weighted by Gasteiger charge is -2.19. The zero-order chi connectivity index (χ0) is 13.3. The molecule has 0 radical (unpaired) electrons. The number of nitrogens with zero attached hydrogens (tertiary/aromatic N) is 1. The lowest BCUT2D eigenvalue weighted by molar-refractivity contribution is -0.117. The molecule has 1 saturated heterocycles. The zero-order valence-electron chi connectivity index (χ0n) is 9.85. The molecular formula is C12H13BrN2O3. The van der Waals surface area contributed by atoms with Crippen LogP contribution in [0.5, 0.6) is 0 Å². The summed E-state index contributed by atoms with van der Waals surface area (Å²) in [5.74, 6) is -0.512. The molecule has 0 aromatic heterocycles. The zero-order valence-corrected chi connectivity index (χ0v) is 11.4. The summed E-state index contributed by atoms with van der Waals surface area (Å²) in [6, 6.07) is 4.99. The van der Waals surface area contributed by atoms with Crippen molar-refractivity contribution in [1.82, 2.24) is 0 Å². The summed E-state index contributed by atoms with van der Waals surface area (Å²) in [6.45, 7) is 0.549. The number of rotatable bonds is 2. The number of anilines is 2. The minimum Gasteiger partial charge on any atom is -0.465 e. The second-order valence-electron chi connectivity index (χ2n) is 4.04. The number of hydrogen-bond donors (Lipinski definition) is 1. The molecule has 1 aliphatic rings. The summed E-state index contributed by atoms with van der Waals surface area (Å²) in [6.07, 6.45) is 0.432. The van der Waals surface area contributed by atoms with Crippen LogP contribution in [0.15, 0.2) is 18.2 Å². The molecule has 1 aromatic carbocycles. The van der Waals surface area contributed by atoms with Crippen LogP contribution in [0, 0.1) is 0 Å². The maximum Gasteiger partial charge on any atom is 0.340 e. The average molecular weight is 313 g/mol. The Morgan fingerprint density at radius 1 is 1.56 bits per heavy atom. The van der Waals surface area contributed by atoms with E-state index in [0.717, 1.165) is 0 Å². The van der Waals surface area contributed by atoms with E-state index in [-0.39, 0.29) is 22.0 Å². The van der Waals surface area contributed by atoms with Gasteiger partial charge in [0.1, 0.15) is 0 Å². The molecule has 6 heteroatoms. The van der Waals surface area contributed by atoms with E-state index in [4.69, 9.17) is 5.73 Å². The maximum absolute atomic E-state index is 11.8. The highest BCUT2D eigenvalue weighted by atomic mass is 79.9. The Bertz CT molecular complexity index is 504. The van der Waals surface area contributed by atoms with E-state index in [0.29, 0.717) is 18.7 Å². The van der Waals surface area contributed by atoms with Gasteiger partial charge in [0.25, 0.3) is 0 Å². The third kappa shape index (κ3) is 2.20. The highest BCUT2D eigenvalue weighted by Gasteiger charge is 2.30. The van der Waals surface area contributed by atoms with E-state index in [2.05, 4.69) is 20.7 Å². The summed E-state index contributed by atoms with van der Waals surface area (Å²) >= 11 is 3.41. The van der Waals surface area contributed by atoms with Crippen LogP contribution in [0.4, 0.5) is 11.4 Å². The number of nitrogen functional groups attached to an aromatic ring is 1. The van der Waals surface area contributed by atoms with Crippen molar-refractivity contribution < 1.29 is 14.3 Å². The molecule has 1 aliphatic heterocycles. The summed E-state index contributed by atoms with van der Waals surface area (Å²) in [7, 11) is 1.30. The van der Waals surface area contributed by atoms with E-state index >= 15 is 0 Å². The van der Waals surface area contributed by atoms with Crippen molar-refractivity contribution in [3.05, 3.63) is 23.8 Å². The lowest BCUT2D eigenvalue weighted by Crippen LogP contribution is -2.26. The van der Waals surface area contributed by atoms with Gasteiger partial charge in [-0.05, 0) is 12.1 Å². The van der Waals surface area contributed by atoms with Crippen molar-refractivity contribution in [3.8, 4) is 0 Å². The highest BCUT2D eigenvalue weighted by molar-refractivity contribution is 9.09. The standard InChI is InChI=1S/C12H13BrN2O3/c1-18-12(17)8-3-2-4-9(11(8)14)15-6-7(13)5-10(15)16/h2-4,7H,5-6,14H2,1H3. The predicted octanol–water partition coefficient (Wildman–Crippen LogP) is 1.56.